The van der Waals surface area contributed by atoms with Crippen molar-refractivity contribution in [1.29, 1.82) is 0 Å². The average molecular weight is 655 g/mol. The zero-order valence-corrected chi connectivity index (χ0v) is 28.0. The molecule has 1 saturated heterocycles. The number of hydrogen-bond donors (Lipinski definition) is 0. The van der Waals surface area contributed by atoms with E-state index in [-0.39, 0.29) is 46.6 Å². The number of fused-ring (bicyclic) bond motifs is 1. The van der Waals surface area contributed by atoms with Crippen LogP contribution in [0.15, 0.2) is 35.4 Å². The van der Waals surface area contributed by atoms with E-state index in [1.165, 1.54) is 10.7 Å². The minimum atomic E-state index is -4.05. The van der Waals surface area contributed by atoms with E-state index in [1.54, 1.807) is 19.1 Å². The van der Waals surface area contributed by atoms with Gasteiger partial charge >= 0.3 is 0 Å². The van der Waals surface area contributed by atoms with Gasteiger partial charge in [-0.1, -0.05) is 29.3 Å². The third-order valence-corrected chi connectivity index (χ3v) is 12.6. The molecule has 3 heterocycles. The monoisotopic (exact) mass is 653 g/mol. The van der Waals surface area contributed by atoms with Gasteiger partial charge in [0, 0.05) is 76.3 Å². The molecule has 1 aromatic carbocycles. The fourth-order valence-electron chi connectivity index (χ4n) is 6.89. The van der Waals surface area contributed by atoms with E-state index in [0.29, 0.717) is 24.2 Å². The summed E-state index contributed by atoms with van der Waals surface area (Å²) in [4.78, 5) is 20.2. The maximum Gasteiger partial charge on any atom is 0.248 e. The second-order valence-electron chi connectivity index (χ2n) is 12.4. The van der Waals surface area contributed by atoms with Gasteiger partial charge in [0.05, 0.1) is 22.7 Å². The number of amides is 1. The molecule has 12 heteroatoms. The summed E-state index contributed by atoms with van der Waals surface area (Å²) in [6, 6.07) is 7.68. The number of benzene rings is 1. The Labute approximate surface area is 266 Å². The van der Waals surface area contributed by atoms with Crippen LogP contribution in [0.1, 0.15) is 56.8 Å². The van der Waals surface area contributed by atoms with E-state index in [9.17, 15) is 13.2 Å². The van der Waals surface area contributed by atoms with Crippen LogP contribution in [0.2, 0.25) is 10.0 Å². The Morgan fingerprint density at radius 2 is 1.81 bits per heavy atom. The van der Waals surface area contributed by atoms with Crippen LogP contribution in [0, 0.1) is 6.92 Å². The first-order valence-corrected chi connectivity index (χ1v) is 17.6. The summed E-state index contributed by atoms with van der Waals surface area (Å²) in [6.07, 6.45) is 6.18. The fraction of sp³-hybridized carbons (Fsp3) is 0.645. The molecule has 2 aromatic rings. The van der Waals surface area contributed by atoms with Gasteiger partial charge in [0.25, 0.3) is 0 Å². The highest BCUT2D eigenvalue weighted by Gasteiger charge is 2.39. The Morgan fingerprint density at radius 1 is 1.07 bits per heavy atom. The van der Waals surface area contributed by atoms with Crippen molar-refractivity contribution in [2.75, 3.05) is 53.0 Å². The molecule has 3 atom stereocenters. The molecule has 2 fully saturated rings. The summed E-state index contributed by atoms with van der Waals surface area (Å²) in [6.45, 7) is 11.3. The molecule has 0 radical (unpaired) electrons. The first-order valence-electron chi connectivity index (χ1n) is 15.4. The first-order chi connectivity index (χ1) is 20.5. The summed E-state index contributed by atoms with van der Waals surface area (Å²) >= 11 is 12.9. The van der Waals surface area contributed by atoms with Gasteiger partial charge in [0.2, 0.25) is 15.9 Å². The minimum Gasteiger partial charge on any atom is -0.370 e. The van der Waals surface area contributed by atoms with Gasteiger partial charge in [-0.2, -0.15) is 4.31 Å². The van der Waals surface area contributed by atoms with Crippen molar-refractivity contribution in [2.45, 2.75) is 82.1 Å². The maximum atomic E-state index is 14.0. The Hall–Kier alpha value is -1.66. The zero-order chi connectivity index (χ0) is 30.9. The smallest absolute Gasteiger partial charge is 0.248 e. The second kappa shape index (κ2) is 13.8. The quantitative estimate of drug-likeness (QED) is 0.392. The molecule has 1 saturated carbocycles. The zero-order valence-electron chi connectivity index (χ0n) is 25.7. The predicted octanol–water partition coefficient (Wildman–Crippen LogP) is 4.66. The number of ether oxygens (including phenoxy) is 1. The lowest BCUT2D eigenvalue weighted by atomic mass is 9.88. The standard InChI is InChI=1S/C31H45Cl2N5O4S/c1-22(2)35-13-15-36(16-14-35)25-8-5-7-24(19-25)34(4)29(39)21-42-20-28-27-9-6-12-37(27)17-18-38(28)43(40,41)31-26(32)11-10-23(3)30(31)33/h6,9-12,22,24-25,28H,5,7-8,13-21H2,1-4H3. The molecule has 0 N–H and O–H groups in total. The number of aromatic nitrogens is 1. The molecule has 1 aromatic heterocycles. The third-order valence-electron chi connectivity index (χ3n) is 9.58. The number of hydrogen-bond acceptors (Lipinski definition) is 6. The van der Waals surface area contributed by atoms with Gasteiger partial charge in [-0.15, -0.1) is 0 Å². The summed E-state index contributed by atoms with van der Waals surface area (Å²) in [5, 5.41) is 0.207. The van der Waals surface area contributed by atoms with Crippen molar-refractivity contribution in [3.63, 3.8) is 0 Å². The predicted molar refractivity (Wildman–Crippen MR) is 170 cm³/mol. The second-order valence-corrected chi connectivity index (χ2v) is 15.0. The number of nitrogens with zero attached hydrogens (tertiary/aromatic N) is 5. The molecule has 2 aliphatic heterocycles. The highest BCUT2D eigenvalue weighted by Crippen LogP contribution is 2.38. The van der Waals surface area contributed by atoms with E-state index in [2.05, 4.69) is 23.6 Å². The molecule has 0 bridgehead atoms. The van der Waals surface area contributed by atoms with E-state index < -0.39 is 16.1 Å². The van der Waals surface area contributed by atoms with Gasteiger partial charge in [0.15, 0.2) is 0 Å². The lowest BCUT2D eigenvalue weighted by Gasteiger charge is -2.44. The molecule has 238 valence electrons. The minimum absolute atomic E-state index is 0.0390. The van der Waals surface area contributed by atoms with Crippen LogP contribution in [0.25, 0.3) is 0 Å². The van der Waals surface area contributed by atoms with Gasteiger partial charge in [0.1, 0.15) is 11.5 Å². The van der Waals surface area contributed by atoms with E-state index in [4.69, 9.17) is 27.9 Å². The summed E-state index contributed by atoms with van der Waals surface area (Å²) in [5.74, 6) is -0.0827. The number of piperazine rings is 1. The van der Waals surface area contributed by atoms with Crippen LogP contribution in [0.5, 0.6) is 0 Å². The fourth-order valence-corrected chi connectivity index (χ4v) is 9.61. The van der Waals surface area contributed by atoms with Crippen molar-refractivity contribution in [3.05, 3.63) is 51.8 Å². The SMILES string of the molecule is Cc1ccc(Cl)c(S(=O)(=O)N2CCn3cccc3C2COCC(=O)N(C)C2CCCC(N3CCN(C(C)C)CC3)C2)c1Cl. The number of halogens is 2. The lowest BCUT2D eigenvalue weighted by molar-refractivity contribution is -0.138. The number of likely N-dealkylation sites (N-methyl/N-ethyl adjacent to an activating group) is 1. The van der Waals surface area contributed by atoms with Crippen LogP contribution in [0.3, 0.4) is 0 Å². The molecule has 1 aliphatic carbocycles. The Bertz CT molecular complexity index is 1390. The van der Waals surface area contributed by atoms with Crippen LogP contribution >= 0.6 is 23.2 Å². The number of carbonyl (C=O) groups excluding carboxylic acids is 1. The first kappa shape index (κ1) is 32.7. The molecular formula is C31H45Cl2N5O4S. The number of rotatable bonds is 9. The molecule has 3 aliphatic rings. The molecule has 9 nitrogen and oxygen atoms in total. The topological polar surface area (TPSA) is 78.3 Å². The molecule has 5 rings (SSSR count). The summed E-state index contributed by atoms with van der Waals surface area (Å²) < 4.78 is 37.4. The molecule has 1 amide bonds. The molecule has 43 heavy (non-hydrogen) atoms. The van der Waals surface area contributed by atoms with Gasteiger partial charge < -0.3 is 14.2 Å². The Morgan fingerprint density at radius 3 is 2.53 bits per heavy atom. The van der Waals surface area contributed by atoms with Crippen LogP contribution < -0.4 is 0 Å². The number of carbonyl (C=O) groups is 1. The van der Waals surface area contributed by atoms with Crippen molar-refractivity contribution >= 4 is 39.1 Å². The lowest BCUT2D eigenvalue weighted by Crippen LogP contribution is -2.54. The third kappa shape index (κ3) is 6.95. The average Bonchev–Trinajstić information content (AvgIpc) is 3.48. The van der Waals surface area contributed by atoms with Gasteiger partial charge in [-0.3, -0.25) is 14.6 Å². The van der Waals surface area contributed by atoms with Crippen LogP contribution in [0.4, 0.5) is 0 Å². The largest absolute Gasteiger partial charge is 0.370 e. The van der Waals surface area contributed by atoms with Crippen molar-refractivity contribution in [1.82, 2.24) is 23.6 Å². The van der Waals surface area contributed by atoms with Crippen LogP contribution in [-0.2, 0) is 26.1 Å². The van der Waals surface area contributed by atoms with E-state index in [0.717, 1.165) is 51.1 Å². The van der Waals surface area contributed by atoms with Crippen molar-refractivity contribution in [2.24, 2.45) is 0 Å². The highest BCUT2D eigenvalue weighted by molar-refractivity contribution is 7.89. The summed E-state index contributed by atoms with van der Waals surface area (Å²) in [5.41, 5.74) is 1.44. The van der Waals surface area contributed by atoms with Crippen molar-refractivity contribution in [3.8, 4) is 0 Å². The highest BCUT2D eigenvalue weighted by atomic mass is 35.5. The van der Waals surface area contributed by atoms with Crippen molar-refractivity contribution < 1.29 is 17.9 Å². The molecular weight excluding hydrogens is 609 g/mol. The molecule has 3 unspecified atom stereocenters. The van der Waals surface area contributed by atoms with Crippen LogP contribution in [-0.4, -0.2) is 109 Å². The molecule has 0 spiro atoms. The number of sulfonamides is 1. The van der Waals surface area contributed by atoms with E-state index in [1.807, 2.05) is 34.8 Å². The number of aryl methyl sites for hydroxylation is 1. The Kier molecular flexibility index (Phi) is 10.5. The summed E-state index contributed by atoms with van der Waals surface area (Å²) in [7, 11) is -2.18. The normalized spacial score (nSPS) is 24.3. The maximum absolute atomic E-state index is 14.0. The van der Waals surface area contributed by atoms with Gasteiger partial charge in [-0.05, 0) is 70.2 Å². The Balaban J connectivity index is 1.22. The van der Waals surface area contributed by atoms with Gasteiger partial charge in [-0.25, -0.2) is 8.42 Å². The van der Waals surface area contributed by atoms with E-state index >= 15 is 0 Å².